The molecular formula is C17H19FN2S. The van der Waals surface area contributed by atoms with Crippen molar-refractivity contribution in [3.8, 4) is 0 Å². The van der Waals surface area contributed by atoms with Gasteiger partial charge in [0.05, 0.1) is 0 Å². The summed E-state index contributed by atoms with van der Waals surface area (Å²) in [5.41, 5.74) is 8.88. The van der Waals surface area contributed by atoms with Crippen molar-refractivity contribution in [1.82, 2.24) is 0 Å². The summed E-state index contributed by atoms with van der Waals surface area (Å²) >= 11 is 4.78. The molecule has 110 valence electrons. The average Bonchev–Trinajstić information content (AvgIpc) is 2.45. The van der Waals surface area contributed by atoms with E-state index in [0.29, 0.717) is 18.2 Å². The molecule has 4 heteroatoms. The molecule has 3 N–H and O–H groups in total. The van der Waals surface area contributed by atoms with Crippen LogP contribution < -0.4 is 11.1 Å². The van der Waals surface area contributed by atoms with Crippen molar-refractivity contribution in [2.75, 3.05) is 5.32 Å². The van der Waals surface area contributed by atoms with Crippen molar-refractivity contribution in [3.05, 3.63) is 65.0 Å². The SMILES string of the molecule is CC(C)c1ccc(CNc2ccc(C(N)=S)c(F)c2)cc1. The van der Waals surface area contributed by atoms with Gasteiger partial charge in [-0.1, -0.05) is 50.3 Å². The number of thiocarbonyl (C=S) groups is 1. The number of halogens is 1. The average molecular weight is 302 g/mol. The first kappa shape index (κ1) is 15.4. The maximum absolute atomic E-state index is 13.8. The number of hydrogen-bond acceptors (Lipinski definition) is 2. The van der Waals surface area contributed by atoms with Gasteiger partial charge in [-0.2, -0.15) is 0 Å². The number of benzene rings is 2. The van der Waals surface area contributed by atoms with Crippen molar-refractivity contribution < 1.29 is 4.39 Å². The van der Waals surface area contributed by atoms with Gasteiger partial charge in [-0.25, -0.2) is 4.39 Å². The third-order valence-electron chi connectivity index (χ3n) is 3.38. The van der Waals surface area contributed by atoms with Crippen molar-refractivity contribution in [2.24, 2.45) is 5.73 Å². The molecule has 2 aromatic rings. The molecular weight excluding hydrogens is 283 g/mol. The molecule has 2 rings (SSSR count). The summed E-state index contributed by atoms with van der Waals surface area (Å²) in [7, 11) is 0. The molecule has 0 saturated heterocycles. The zero-order valence-electron chi connectivity index (χ0n) is 12.2. The monoisotopic (exact) mass is 302 g/mol. The highest BCUT2D eigenvalue weighted by Gasteiger charge is 2.06. The molecule has 0 unspecified atom stereocenters. The van der Waals surface area contributed by atoms with Crippen LogP contribution in [0.25, 0.3) is 0 Å². The third kappa shape index (κ3) is 4.02. The van der Waals surface area contributed by atoms with E-state index in [2.05, 4.69) is 43.4 Å². The van der Waals surface area contributed by atoms with Gasteiger partial charge in [-0.05, 0) is 35.2 Å². The highest BCUT2D eigenvalue weighted by Crippen LogP contribution is 2.17. The van der Waals surface area contributed by atoms with Crippen LogP contribution in [0.15, 0.2) is 42.5 Å². The minimum atomic E-state index is -0.400. The molecule has 0 saturated carbocycles. The summed E-state index contributed by atoms with van der Waals surface area (Å²) in [6.07, 6.45) is 0. The van der Waals surface area contributed by atoms with E-state index >= 15 is 0 Å². The zero-order chi connectivity index (χ0) is 15.4. The topological polar surface area (TPSA) is 38.0 Å². The Morgan fingerprint density at radius 3 is 2.38 bits per heavy atom. The van der Waals surface area contributed by atoms with Gasteiger partial charge in [-0.3, -0.25) is 0 Å². The standard InChI is InChI=1S/C17H19FN2S/c1-11(2)13-5-3-12(4-6-13)10-20-14-7-8-15(17(19)21)16(18)9-14/h3-9,11,20H,10H2,1-2H3,(H2,19,21). The molecule has 0 heterocycles. The number of nitrogens with two attached hydrogens (primary N) is 1. The number of rotatable bonds is 5. The highest BCUT2D eigenvalue weighted by atomic mass is 32.1. The quantitative estimate of drug-likeness (QED) is 0.813. The van der Waals surface area contributed by atoms with Gasteiger partial charge in [0.25, 0.3) is 0 Å². The van der Waals surface area contributed by atoms with Gasteiger partial charge in [0, 0.05) is 17.8 Å². The first-order chi connectivity index (χ1) is 9.97. The van der Waals surface area contributed by atoms with Crippen LogP contribution in [-0.2, 0) is 6.54 Å². The Hall–Kier alpha value is -1.94. The van der Waals surface area contributed by atoms with E-state index in [1.54, 1.807) is 12.1 Å². The van der Waals surface area contributed by atoms with E-state index in [1.165, 1.54) is 11.6 Å². The molecule has 2 aromatic carbocycles. The summed E-state index contributed by atoms with van der Waals surface area (Å²) in [5, 5.41) is 3.19. The van der Waals surface area contributed by atoms with Crippen LogP contribution in [0.5, 0.6) is 0 Å². The largest absolute Gasteiger partial charge is 0.389 e. The third-order valence-corrected chi connectivity index (χ3v) is 3.60. The van der Waals surface area contributed by atoms with Crippen LogP contribution in [-0.4, -0.2) is 4.99 Å². The summed E-state index contributed by atoms with van der Waals surface area (Å²) in [5.74, 6) is 0.122. The van der Waals surface area contributed by atoms with Crippen molar-refractivity contribution in [2.45, 2.75) is 26.3 Å². The van der Waals surface area contributed by atoms with Crippen LogP contribution in [0.4, 0.5) is 10.1 Å². The molecule has 0 bridgehead atoms. The second-order valence-corrected chi connectivity index (χ2v) is 5.75. The van der Waals surface area contributed by atoms with Crippen LogP contribution in [0.1, 0.15) is 36.5 Å². The normalized spacial score (nSPS) is 10.7. The minimum Gasteiger partial charge on any atom is -0.389 e. The molecule has 0 radical (unpaired) electrons. The molecule has 0 atom stereocenters. The van der Waals surface area contributed by atoms with Crippen LogP contribution >= 0.6 is 12.2 Å². The minimum absolute atomic E-state index is 0.0725. The highest BCUT2D eigenvalue weighted by molar-refractivity contribution is 7.80. The fourth-order valence-electron chi connectivity index (χ4n) is 2.05. The number of hydrogen-bond donors (Lipinski definition) is 2. The predicted molar refractivity (Wildman–Crippen MR) is 90.1 cm³/mol. The number of anilines is 1. The molecule has 0 amide bonds. The summed E-state index contributed by atoms with van der Waals surface area (Å²) in [6.45, 7) is 4.98. The zero-order valence-corrected chi connectivity index (χ0v) is 13.0. The predicted octanol–water partition coefficient (Wildman–Crippen LogP) is 4.20. The molecule has 21 heavy (non-hydrogen) atoms. The van der Waals surface area contributed by atoms with Crippen molar-refractivity contribution >= 4 is 22.9 Å². The maximum atomic E-state index is 13.8. The van der Waals surface area contributed by atoms with Crippen molar-refractivity contribution in [1.29, 1.82) is 0 Å². The van der Waals surface area contributed by atoms with E-state index < -0.39 is 5.82 Å². The maximum Gasteiger partial charge on any atom is 0.135 e. The summed E-state index contributed by atoms with van der Waals surface area (Å²) in [6, 6.07) is 13.2. The second-order valence-electron chi connectivity index (χ2n) is 5.31. The lowest BCUT2D eigenvalue weighted by molar-refractivity contribution is 0.626. The van der Waals surface area contributed by atoms with E-state index in [1.807, 2.05) is 0 Å². The van der Waals surface area contributed by atoms with Gasteiger partial charge in [0.2, 0.25) is 0 Å². The Bertz CT molecular complexity index is 636. The van der Waals surface area contributed by atoms with Gasteiger partial charge in [0.15, 0.2) is 0 Å². The van der Waals surface area contributed by atoms with Crippen molar-refractivity contribution in [3.63, 3.8) is 0 Å². The lowest BCUT2D eigenvalue weighted by Crippen LogP contribution is -2.12. The molecule has 0 aromatic heterocycles. The Morgan fingerprint density at radius 1 is 1.19 bits per heavy atom. The van der Waals surface area contributed by atoms with Crippen LogP contribution in [0.2, 0.25) is 0 Å². The first-order valence-electron chi connectivity index (χ1n) is 6.89. The van der Waals surface area contributed by atoms with Gasteiger partial charge in [0.1, 0.15) is 10.8 Å². The molecule has 0 aliphatic heterocycles. The van der Waals surface area contributed by atoms with E-state index in [0.717, 1.165) is 5.56 Å². The van der Waals surface area contributed by atoms with E-state index in [9.17, 15) is 4.39 Å². The second kappa shape index (κ2) is 6.68. The molecule has 0 aliphatic carbocycles. The number of nitrogens with one attached hydrogen (secondary N) is 1. The Labute approximate surface area is 130 Å². The van der Waals surface area contributed by atoms with Crippen LogP contribution in [0.3, 0.4) is 0 Å². The summed E-state index contributed by atoms with van der Waals surface area (Å²) < 4.78 is 13.8. The lowest BCUT2D eigenvalue weighted by atomic mass is 10.0. The summed E-state index contributed by atoms with van der Waals surface area (Å²) in [4.78, 5) is 0.0725. The van der Waals surface area contributed by atoms with Gasteiger partial charge in [-0.15, -0.1) is 0 Å². The van der Waals surface area contributed by atoms with E-state index in [4.69, 9.17) is 18.0 Å². The Morgan fingerprint density at radius 2 is 1.86 bits per heavy atom. The van der Waals surface area contributed by atoms with Gasteiger partial charge < -0.3 is 11.1 Å². The molecule has 0 spiro atoms. The first-order valence-corrected chi connectivity index (χ1v) is 7.30. The lowest BCUT2D eigenvalue weighted by Gasteiger charge is -2.10. The Kier molecular flexibility index (Phi) is 4.91. The fourth-order valence-corrected chi connectivity index (χ4v) is 2.21. The van der Waals surface area contributed by atoms with Crippen LogP contribution in [0, 0.1) is 5.82 Å². The molecule has 0 aliphatic rings. The van der Waals surface area contributed by atoms with E-state index in [-0.39, 0.29) is 10.6 Å². The molecule has 0 fully saturated rings. The Balaban J connectivity index is 2.03. The molecule has 2 nitrogen and oxygen atoms in total. The smallest absolute Gasteiger partial charge is 0.135 e. The van der Waals surface area contributed by atoms with Gasteiger partial charge >= 0.3 is 0 Å². The fraction of sp³-hybridized carbons (Fsp3) is 0.235.